The van der Waals surface area contributed by atoms with Gasteiger partial charge in [0.25, 0.3) is 0 Å². The normalized spacial score (nSPS) is 14.3. The van der Waals surface area contributed by atoms with Crippen molar-refractivity contribution >= 4 is 67.9 Å². The molecule has 16 heteroatoms. The summed E-state index contributed by atoms with van der Waals surface area (Å²) in [6.45, 7) is 3.10. The number of rotatable bonds is 8. The summed E-state index contributed by atoms with van der Waals surface area (Å²) in [5.41, 5.74) is 1.54. The highest BCUT2D eigenvalue weighted by atomic mass is 35.5. The molecule has 2 aliphatic heterocycles. The van der Waals surface area contributed by atoms with Gasteiger partial charge in [-0.15, -0.1) is 24.8 Å². The lowest BCUT2D eigenvalue weighted by Gasteiger charge is -2.08. The van der Waals surface area contributed by atoms with Crippen LogP contribution in [0, 0.1) is 11.6 Å². The summed E-state index contributed by atoms with van der Waals surface area (Å²) in [5, 5.41) is 6.21. The number of nitrogens with one attached hydrogen (secondary N) is 4. The van der Waals surface area contributed by atoms with Gasteiger partial charge in [0.2, 0.25) is 20.0 Å². The third-order valence-corrected chi connectivity index (χ3v) is 6.06. The van der Waals surface area contributed by atoms with Crippen molar-refractivity contribution in [2.24, 2.45) is 9.98 Å². The number of aliphatic imine (C=N–C) groups is 2. The Hall–Kier alpha value is -2.68. The van der Waals surface area contributed by atoms with E-state index >= 15 is 0 Å². The summed E-state index contributed by atoms with van der Waals surface area (Å²) in [7, 11) is -6.96. The van der Waals surface area contributed by atoms with Crippen LogP contribution in [0.3, 0.4) is 0 Å². The number of benzene rings is 2. The molecule has 2 aliphatic rings. The van der Waals surface area contributed by atoms with Crippen molar-refractivity contribution in [2.75, 3.05) is 48.1 Å². The van der Waals surface area contributed by atoms with Gasteiger partial charge in [-0.1, -0.05) is 12.1 Å². The van der Waals surface area contributed by atoms with Crippen molar-refractivity contribution in [3.05, 3.63) is 59.2 Å². The first-order valence-corrected chi connectivity index (χ1v) is 14.7. The van der Waals surface area contributed by atoms with Gasteiger partial charge in [-0.25, -0.2) is 25.6 Å². The zero-order chi connectivity index (χ0) is 26.3. The number of anilines is 2. The number of hydrogen-bond donors (Lipinski definition) is 4. The monoisotopic (exact) mass is 614 g/mol. The van der Waals surface area contributed by atoms with Crippen LogP contribution < -0.4 is 20.1 Å². The Morgan fingerprint density at radius 1 is 0.737 bits per heavy atom. The molecule has 0 aromatic heterocycles. The van der Waals surface area contributed by atoms with Crippen LogP contribution in [0.2, 0.25) is 0 Å². The van der Waals surface area contributed by atoms with Crippen molar-refractivity contribution in [3.8, 4) is 0 Å². The molecule has 38 heavy (non-hydrogen) atoms. The second-order valence-electron chi connectivity index (χ2n) is 8.24. The fourth-order valence-electron chi connectivity index (χ4n) is 3.44. The second kappa shape index (κ2) is 14.5. The molecule has 0 saturated carbocycles. The van der Waals surface area contributed by atoms with Crippen LogP contribution >= 0.6 is 24.8 Å². The van der Waals surface area contributed by atoms with Gasteiger partial charge in [-0.05, 0) is 35.4 Å². The maximum atomic E-state index is 13.4. The van der Waals surface area contributed by atoms with Gasteiger partial charge in [0.15, 0.2) is 0 Å². The van der Waals surface area contributed by atoms with Gasteiger partial charge in [0.1, 0.15) is 23.3 Å². The SMILES string of the molecule is CS(=O)(=O)Nc1cc(CC2=NCCN2)ccc1F.CS(=O)(=O)Nc1cc(CC2=NCCN2)ccc1F.Cl.Cl. The van der Waals surface area contributed by atoms with Crippen LogP contribution in [0.1, 0.15) is 11.1 Å². The van der Waals surface area contributed by atoms with E-state index < -0.39 is 31.7 Å². The quantitative estimate of drug-likeness (QED) is 0.360. The van der Waals surface area contributed by atoms with Gasteiger partial charge in [-0.2, -0.15) is 0 Å². The largest absolute Gasteiger partial charge is 0.372 e. The van der Waals surface area contributed by atoms with E-state index in [9.17, 15) is 25.6 Å². The molecule has 0 amide bonds. The van der Waals surface area contributed by atoms with E-state index in [0.717, 1.165) is 61.5 Å². The van der Waals surface area contributed by atoms with E-state index in [-0.39, 0.29) is 36.2 Å². The summed E-state index contributed by atoms with van der Waals surface area (Å²) in [5.74, 6) is 0.495. The van der Waals surface area contributed by atoms with Crippen molar-refractivity contribution in [3.63, 3.8) is 0 Å². The van der Waals surface area contributed by atoms with Crippen LogP contribution in [0.15, 0.2) is 46.4 Å². The number of hydrogen-bond acceptors (Lipinski definition) is 8. The lowest BCUT2D eigenvalue weighted by atomic mass is 10.1. The number of sulfonamides is 2. The summed E-state index contributed by atoms with van der Waals surface area (Å²) in [4.78, 5) is 8.46. The average molecular weight is 616 g/mol. The minimum absolute atomic E-state index is 0. The first-order valence-electron chi connectivity index (χ1n) is 10.9. The zero-order valence-corrected chi connectivity index (χ0v) is 23.9. The number of halogens is 4. The molecule has 4 rings (SSSR count). The molecule has 2 aromatic rings. The lowest BCUT2D eigenvalue weighted by Crippen LogP contribution is -2.20. The summed E-state index contributed by atoms with van der Waals surface area (Å²) >= 11 is 0. The summed E-state index contributed by atoms with van der Waals surface area (Å²) in [6, 6.07) is 8.70. The third-order valence-electron chi connectivity index (χ3n) is 4.88. The molecule has 2 heterocycles. The van der Waals surface area contributed by atoms with Crippen molar-refractivity contribution in [1.29, 1.82) is 0 Å². The third kappa shape index (κ3) is 11.4. The molecule has 0 saturated heterocycles. The van der Waals surface area contributed by atoms with Gasteiger partial charge < -0.3 is 10.6 Å². The molecule has 212 valence electrons. The van der Waals surface area contributed by atoms with E-state index in [2.05, 4.69) is 30.1 Å². The van der Waals surface area contributed by atoms with Gasteiger partial charge in [0, 0.05) is 25.9 Å². The minimum atomic E-state index is -3.48. The van der Waals surface area contributed by atoms with Crippen LogP contribution in [-0.4, -0.2) is 67.2 Å². The molecule has 2 aromatic carbocycles. The first-order chi connectivity index (χ1) is 16.9. The standard InChI is InChI=1S/2C11H14FN3O2S.2ClH/c2*1-18(16,17)15-10-6-8(2-3-9(10)12)7-11-13-4-5-14-11;;/h2*2-3,6,15H,4-5,7H2,1H3,(H,13,14);2*1H. The molecule has 0 spiro atoms. The van der Waals surface area contributed by atoms with Crippen molar-refractivity contribution in [2.45, 2.75) is 12.8 Å². The van der Waals surface area contributed by atoms with E-state index in [1.54, 1.807) is 12.1 Å². The topological polar surface area (TPSA) is 141 Å². The predicted octanol–water partition coefficient (Wildman–Crippen LogP) is 2.33. The Labute approximate surface area is 233 Å². The molecule has 0 fully saturated rings. The Morgan fingerprint density at radius 3 is 1.39 bits per heavy atom. The molecule has 4 N–H and O–H groups in total. The fourth-order valence-corrected chi connectivity index (χ4v) is 4.55. The molecule has 0 bridgehead atoms. The maximum Gasteiger partial charge on any atom is 0.229 e. The highest BCUT2D eigenvalue weighted by Crippen LogP contribution is 2.19. The highest BCUT2D eigenvalue weighted by molar-refractivity contribution is 7.92. The second-order valence-corrected chi connectivity index (χ2v) is 11.7. The average Bonchev–Trinajstić information content (AvgIpc) is 3.46. The molecule has 0 radical (unpaired) electrons. The van der Waals surface area contributed by atoms with E-state index in [4.69, 9.17) is 0 Å². The molecule has 10 nitrogen and oxygen atoms in total. The highest BCUT2D eigenvalue weighted by Gasteiger charge is 2.12. The van der Waals surface area contributed by atoms with Gasteiger partial charge in [0.05, 0.1) is 37.0 Å². The minimum Gasteiger partial charge on any atom is -0.372 e. The predicted molar refractivity (Wildman–Crippen MR) is 152 cm³/mol. The Morgan fingerprint density at radius 2 is 1.11 bits per heavy atom. The van der Waals surface area contributed by atoms with Crippen LogP contribution in [-0.2, 0) is 32.9 Å². The first kappa shape index (κ1) is 33.3. The fraction of sp³-hybridized carbons (Fsp3) is 0.364. The molecule has 0 unspecified atom stereocenters. The zero-order valence-electron chi connectivity index (χ0n) is 20.6. The van der Waals surface area contributed by atoms with E-state index in [0.29, 0.717) is 12.8 Å². The van der Waals surface area contributed by atoms with Gasteiger partial charge in [-0.3, -0.25) is 19.4 Å². The van der Waals surface area contributed by atoms with Crippen molar-refractivity contribution in [1.82, 2.24) is 10.6 Å². The van der Waals surface area contributed by atoms with Crippen LogP contribution in [0.4, 0.5) is 20.2 Å². The van der Waals surface area contributed by atoms with Gasteiger partial charge >= 0.3 is 0 Å². The summed E-state index contributed by atoms with van der Waals surface area (Å²) in [6.07, 6.45) is 3.06. The molecule has 0 atom stereocenters. The Balaban J connectivity index is 0.000000361. The lowest BCUT2D eigenvalue weighted by molar-refractivity contribution is 0.602. The maximum absolute atomic E-state index is 13.4. The number of nitrogens with zero attached hydrogens (tertiary/aromatic N) is 2. The molecular formula is C22H30Cl2F2N6O4S2. The van der Waals surface area contributed by atoms with Crippen LogP contribution in [0.25, 0.3) is 0 Å². The Bertz CT molecular complexity index is 1280. The number of amidine groups is 2. The molecule has 0 aliphatic carbocycles. The molecular weight excluding hydrogens is 585 g/mol. The van der Waals surface area contributed by atoms with E-state index in [1.165, 1.54) is 24.3 Å². The van der Waals surface area contributed by atoms with Crippen LogP contribution in [0.5, 0.6) is 0 Å². The Kier molecular flexibility index (Phi) is 12.7. The summed E-state index contributed by atoms with van der Waals surface area (Å²) < 4.78 is 75.6. The van der Waals surface area contributed by atoms with E-state index in [1.807, 2.05) is 0 Å². The smallest absolute Gasteiger partial charge is 0.229 e. The van der Waals surface area contributed by atoms with Crippen molar-refractivity contribution < 1.29 is 25.6 Å².